The van der Waals surface area contributed by atoms with E-state index in [9.17, 15) is 18.0 Å². The molecule has 0 aromatic heterocycles. The minimum absolute atomic E-state index is 0.0867. The number of hydrogen-bond donors (Lipinski definition) is 1. The van der Waals surface area contributed by atoms with Crippen molar-refractivity contribution in [1.29, 1.82) is 0 Å². The predicted octanol–water partition coefficient (Wildman–Crippen LogP) is 0.660. The zero-order chi connectivity index (χ0) is 14.5. The van der Waals surface area contributed by atoms with E-state index in [4.69, 9.17) is 5.11 Å². The third-order valence-electron chi connectivity index (χ3n) is 3.93. The molecule has 0 aromatic carbocycles. The van der Waals surface area contributed by atoms with Crippen LogP contribution in [0.5, 0.6) is 0 Å². The average Bonchev–Trinajstić information content (AvgIpc) is 2.44. The average molecular weight is 292 g/mol. The topological polar surface area (TPSA) is 88.5 Å². The van der Waals surface area contributed by atoms with Crippen LogP contribution in [0.4, 0.5) is 0 Å². The molecule has 5 nitrogen and oxygen atoms in total. The molecule has 1 aliphatic heterocycles. The highest BCUT2D eigenvalue weighted by molar-refractivity contribution is 7.93. The number of carbonyl (C=O) groups excluding carboxylic acids is 1. The molecule has 0 radical (unpaired) electrons. The fourth-order valence-electron chi connectivity index (χ4n) is 2.91. The van der Waals surface area contributed by atoms with Gasteiger partial charge in [0.05, 0.1) is 27.9 Å². The van der Waals surface area contributed by atoms with Gasteiger partial charge in [0.15, 0.2) is 9.84 Å². The SMILES string of the molecule is O=C(O)C1=CC2C(C=C1)C(=O)C1C=CC=CC1S2(=O)=O. The van der Waals surface area contributed by atoms with Crippen LogP contribution in [0.25, 0.3) is 0 Å². The summed E-state index contributed by atoms with van der Waals surface area (Å²) in [4.78, 5) is 23.4. The Morgan fingerprint density at radius 3 is 2.40 bits per heavy atom. The lowest BCUT2D eigenvalue weighted by atomic mass is 9.82. The Bertz CT molecular complexity index is 708. The van der Waals surface area contributed by atoms with E-state index < -0.39 is 38.1 Å². The maximum Gasteiger partial charge on any atom is 0.335 e. The van der Waals surface area contributed by atoms with E-state index in [1.54, 1.807) is 18.2 Å². The zero-order valence-electron chi connectivity index (χ0n) is 10.3. The van der Waals surface area contributed by atoms with Crippen molar-refractivity contribution in [1.82, 2.24) is 0 Å². The Morgan fingerprint density at radius 2 is 1.70 bits per heavy atom. The Morgan fingerprint density at radius 1 is 1.05 bits per heavy atom. The van der Waals surface area contributed by atoms with Crippen LogP contribution in [-0.2, 0) is 19.4 Å². The van der Waals surface area contributed by atoms with Crippen molar-refractivity contribution in [2.75, 3.05) is 0 Å². The molecule has 0 spiro atoms. The summed E-state index contributed by atoms with van der Waals surface area (Å²) < 4.78 is 25.2. The smallest absolute Gasteiger partial charge is 0.335 e. The Labute approximate surface area is 115 Å². The standard InChI is InChI=1S/C14H12O5S/c15-13-9-3-1-2-4-11(9)20(18,19)12-7-8(14(16)17)5-6-10(12)13/h1-7,9-12H,(H,16,17). The Kier molecular flexibility index (Phi) is 2.79. The number of ketones is 1. The summed E-state index contributed by atoms with van der Waals surface area (Å²) in [6.07, 6.45) is 10.3. The molecule has 0 amide bonds. The van der Waals surface area contributed by atoms with Crippen LogP contribution in [0.15, 0.2) is 48.1 Å². The van der Waals surface area contributed by atoms with E-state index in [1.807, 2.05) is 0 Å². The first kappa shape index (κ1) is 13.1. The van der Waals surface area contributed by atoms with Crippen molar-refractivity contribution in [3.8, 4) is 0 Å². The minimum Gasteiger partial charge on any atom is -0.478 e. The summed E-state index contributed by atoms with van der Waals surface area (Å²) in [6, 6.07) is 0. The van der Waals surface area contributed by atoms with Crippen molar-refractivity contribution in [2.45, 2.75) is 10.5 Å². The van der Waals surface area contributed by atoms with Crippen molar-refractivity contribution in [2.24, 2.45) is 11.8 Å². The largest absolute Gasteiger partial charge is 0.478 e. The summed E-state index contributed by atoms with van der Waals surface area (Å²) in [6.45, 7) is 0. The number of carboxylic acid groups (broad SMARTS) is 1. The molecular formula is C14H12O5S. The number of Topliss-reactive ketones (excluding diaryl/α,β-unsaturated/α-hetero) is 1. The van der Waals surface area contributed by atoms with E-state index >= 15 is 0 Å². The molecule has 3 rings (SSSR count). The molecule has 4 atom stereocenters. The quantitative estimate of drug-likeness (QED) is 0.767. The van der Waals surface area contributed by atoms with Gasteiger partial charge in [-0.2, -0.15) is 0 Å². The number of carbonyl (C=O) groups is 2. The first-order chi connectivity index (χ1) is 9.43. The second-order valence-electron chi connectivity index (χ2n) is 5.03. The van der Waals surface area contributed by atoms with Crippen molar-refractivity contribution < 1.29 is 23.1 Å². The molecular weight excluding hydrogens is 280 g/mol. The number of allylic oxidation sites excluding steroid dienone is 4. The number of aliphatic carboxylic acids is 1. The maximum atomic E-state index is 12.6. The Hall–Kier alpha value is -1.95. The van der Waals surface area contributed by atoms with E-state index in [0.29, 0.717) is 0 Å². The van der Waals surface area contributed by atoms with Crippen molar-refractivity contribution in [3.63, 3.8) is 0 Å². The molecule has 3 aliphatic rings. The Balaban J connectivity index is 2.12. The molecule has 1 N–H and O–H groups in total. The molecule has 2 aliphatic carbocycles. The van der Waals surface area contributed by atoms with Gasteiger partial charge in [0.1, 0.15) is 5.78 Å². The highest BCUT2D eigenvalue weighted by Crippen LogP contribution is 2.39. The number of rotatable bonds is 1. The molecule has 0 saturated carbocycles. The van der Waals surface area contributed by atoms with Gasteiger partial charge in [0.2, 0.25) is 0 Å². The third-order valence-corrected chi connectivity index (χ3v) is 6.32. The molecule has 104 valence electrons. The molecule has 1 saturated heterocycles. The van der Waals surface area contributed by atoms with Gasteiger partial charge in [0.25, 0.3) is 0 Å². The molecule has 1 heterocycles. The molecule has 1 fully saturated rings. The normalized spacial score (nSPS) is 37.0. The highest BCUT2D eigenvalue weighted by atomic mass is 32.2. The molecule has 0 bridgehead atoms. The monoisotopic (exact) mass is 292 g/mol. The fraction of sp³-hybridized carbons (Fsp3) is 0.286. The van der Waals surface area contributed by atoms with Gasteiger partial charge in [-0.1, -0.05) is 42.5 Å². The van der Waals surface area contributed by atoms with Crippen molar-refractivity contribution >= 4 is 21.6 Å². The van der Waals surface area contributed by atoms with Crippen LogP contribution in [0.1, 0.15) is 0 Å². The summed E-state index contributed by atoms with van der Waals surface area (Å²) in [7, 11) is -3.63. The van der Waals surface area contributed by atoms with Gasteiger partial charge in [-0.15, -0.1) is 0 Å². The molecule has 0 aromatic rings. The lowest BCUT2D eigenvalue weighted by Gasteiger charge is -2.37. The molecule has 20 heavy (non-hydrogen) atoms. The molecule has 6 heteroatoms. The first-order valence-corrected chi connectivity index (χ1v) is 7.78. The summed E-state index contributed by atoms with van der Waals surface area (Å²) in [5.41, 5.74) is -0.0867. The van der Waals surface area contributed by atoms with Gasteiger partial charge in [-0.25, -0.2) is 13.2 Å². The van der Waals surface area contributed by atoms with E-state index in [0.717, 1.165) is 0 Å². The van der Waals surface area contributed by atoms with E-state index in [-0.39, 0.29) is 11.4 Å². The first-order valence-electron chi connectivity index (χ1n) is 6.17. The van der Waals surface area contributed by atoms with Crippen LogP contribution < -0.4 is 0 Å². The zero-order valence-corrected chi connectivity index (χ0v) is 11.2. The number of sulfone groups is 1. The second kappa shape index (κ2) is 4.28. The summed E-state index contributed by atoms with van der Waals surface area (Å²) in [5.74, 6) is -2.83. The minimum atomic E-state index is -3.63. The number of fused-ring (bicyclic) bond motifs is 2. The van der Waals surface area contributed by atoms with E-state index in [2.05, 4.69) is 0 Å². The summed E-state index contributed by atoms with van der Waals surface area (Å²) >= 11 is 0. The lowest BCUT2D eigenvalue weighted by Crippen LogP contribution is -2.51. The van der Waals surface area contributed by atoms with Crippen LogP contribution in [0.2, 0.25) is 0 Å². The van der Waals surface area contributed by atoms with Gasteiger partial charge < -0.3 is 5.11 Å². The lowest BCUT2D eigenvalue weighted by molar-refractivity contribution is -0.132. The van der Waals surface area contributed by atoms with Gasteiger partial charge >= 0.3 is 5.97 Å². The van der Waals surface area contributed by atoms with Crippen molar-refractivity contribution in [3.05, 3.63) is 48.1 Å². The third kappa shape index (κ3) is 1.71. The summed E-state index contributed by atoms with van der Waals surface area (Å²) in [5, 5.41) is 7.00. The van der Waals surface area contributed by atoms with Gasteiger partial charge in [-0.3, -0.25) is 4.79 Å². The van der Waals surface area contributed by atoms with Gasteiger partial charge in [-0.05, 0) is 0 Å². The number of hydrogen-bond acceptors (Lipinski definition) is 4. The second-order valence-corrected chi connectivity index (χ2v) is 7.29. The van der Waals surface area contributed by atoms with E-state index in [1.165, 1.54) is 24.3 Å². The van der Waals surface area contributed by atoms with Crippen LogP contribution in [-0.4, -0.2) is 35.8 Å². The van der Waals surface area contributed by atoms with Crippen LogP contribution in [0, 0.1) is 11.8 Å². The van der Waals surface area contributed by atoms with Crippen LogP contribution in [0.3, 0.4) is 0 Å². The predicted molar refractivity (Wildman–Crippen MR) is 71.6 cm³/mol. The molecule has 4 unspecified atom stereocenters. The van der Waals surface area contributed by atoms with Crippen LogP contribution >= 0.6 is 0 Å². The number of carboxylic acids is 1. The maximum absolute atomic E-state index is 12.6. The van der Waals surface area contributed by atoms with Gasteiger partial charge in [0, 0.05) is 0 Å². The highest BCUT2D eigenvalue weighted by Gasteiger charge is 2.51. The fourth-order valence-corrected chi connectivity index (χ4v) is 5.19.